The molecule has 1 aromatic carbocycles. The van der Waals surface area contributed by atoms with Gasteiger partial charge in [0.25, 0.3) is 5.56 Å². The number of nitrogens with zero attached hydrogens (tertiary/aromatic N) is 1. The number of H-pyrrole nitrogens is 1. The summed E-state index contributed by atoms with van der Waals surface area (Å²) in [5.74, 6) is -1.62. The fourth-order valence-corrected chi connectivity index (χ4v) is 1.75. The summed E-state index contributed by atoms with van der Waals surface area (Å²) in [5, 5.41) is 8.92. The highest BCUT2D eigenvalue weighted by atomic mass is 19.1. The maximum atomic E-state index is 13.7. The Hall–Kier alpha value is -2.48. The summed E-state index contributed by atoms with van der Waals surface area (Å²) in [4.78, 5) is 14.0. The average molecular weight is 246 g/mol. The van der Waals surface area contributed by atoms with Gasteiger partial charge in [0, 0.05) is 11.3 Å². The highest BCUT2D eigenvalue weighted by Gasteiger charge is 2.17. The number of aromatic amines is 1. The zero-order valence-electron chi connectivity index (χ0n) is 9.42. The van der Waals surface area contributed by atoms with Gasteiger partial charge >= 0.3 is 0 Å². The number of aryl methyl sites for hydroxylation is 1. The number of rotatable bonds is 1. The summed E-state index contributed by atoms with van der Waals surface area (Å²) in [5.41, 5.74) is -0.922. The van der Waals surface area contributed by atoms with Crippen molar-refractivity contribution < 1.29 is 8.78 Å². The van der Waals surface area contributed by atoms with E-state index >= 15 is 0 Å². The van der Waals surface area contributed by atoms with Crippen molar-refractivity contribution in [3.8, 4) is 17.2 Å². The van der Waals surface area contributed by atoms with E-state index in [-0.39, 0.29) is 16.7 Å². The smallest absolute Gasteiger partial charge is 0.266 e. The van der Waals surface area contributed by atoms with Crippen LogP contribution < -0.4 is 5.56 Å². The maximum absolute atomic E-state index is 13.7. The summed E-state index contributed by atoms with van der Waals surface area (Å²) in [6, 6.07) is 6.42. The molecular weight excluding hydrogens is 238 g/mol. The van der Waals surface area contributed by atoms with Crippen molar-refractivity contribution in [3.05, 3.63) is 57.5 Å². The van der Waals surface area contributed by atoms with Gasteiger partial charge in [-0.25, -0.2) is 8.78 Å². The van der Waals surface area contributed by atoms with Crippen molar-refractivity contribution in [1.82, 2.24) is 4.98 Å². The Balaban J connectivity index is 2.88. The summed E-state index contributed by atoms with van der Waals surface area (Å²) >= 11 is 0. The van der Waals surface area contributed by atoms with Gasteiger partial charge in [0.05, 0.1) is 5.56 Å². The molecule has 0 saturated heterocycles. The molecule has 0 aliphatic carbocycles. The standard InChI is InChI=1S/C13H8F2N2O/c1-7-5-8(9(6-16)13(18)17-7)12-10(14)3-2-4-11(12)15/h2-5H,1H3,(H,17,18). The van der Waals surface area contributed by atoms with Crippen molar-refractivity contribution in [2.24, 2.45) is 0 Å². The van der Waals surface area contributed by atoms with Crippen LogP contribution in [-0.4, -0.2) is 4.98 Å². The number of nitriles is 1. The van der Waals surface area contributed by atoms with Gasteiger partial charge in [-0.2, -0.15) is 5.26 Å². The van der Waals surface area contributed by atoms with Crippen LogP contribution in [0.15, 0.2) is 29.1 Å². The van der Waals surface area contributed by atoms with E-state index in [0.717, 1.165) is 12.1 Å². The molecule has 2 rings (SSSR count). The van der Waals surface area contributed by atoms with Crippen LogP contribution in [0.3, 0.4) is 0 Å². The van der Waals surface area contributed by atoms with E-state index in [4.69, 9.17) is 5.26 Å². The molecule has 1 aromatic heterocycles. The quantitative estimate of drug-likeness (QED) is 0.840. The topological polar surface area (TPSA) is 56.6 Å². The third-order valence-electron chi connectivity index (χ3n) is 2.51. The predicted octanol–water partition coefficient (Wildman–Crippen LogP) is 2.50. The van der Waals surface area contributed by atoms with Crippen LogP contribution in [0.5, 0.6) is 0 Å². The highest BCUT2D eigenvalue weighted by Crippen LogP contribution is 2.27. The molecule has 90 valence electrons. The van der Waals surface area contributed by atoms with Crippen LogP contribution in [0.25, 0.3) is 11.1 Å². The molecule has 0 amide bonds. The number of benzene rings is 1. The molecule has 0 bridgehead atoms. The molecule has 0 aliphatic heterocycles. The number of nitrogens with one attached hydrogen (secondary N) is 1. The zero-order valence-corrected chi connectivity index (χ0v) is 9.42. The first-order valence-electron chi connectivity index (χ1n) is 5.13. The number of hydrogen-bond acceptors (Lipinski definition) is 2. The van der Waals surface area contributed by atoms with Crippen molar-refractivity contribution >= 4 is 0 Å². The SMILES string of the molecule is Cc1cc(-c2c(F)cccc2F)c(C#N)c(=O)[nH]1. The van der Waals surface area contributed by atoms with E-state index in [1.165, 1.54) is 12.1 Å². The van der Waals surface area contributed by atoms with Crippen LogP contribution in [0, 0.1) is 29.9 Å². The van der Waals surface area contributed by atoms with E-state index in [9.17, 15) is 13.6 Å². The molecule has 0 radical (unpaired) electrons. The number of halogens is 2. The zero-order chi connectivity index (χ0) is 13.3. The van der Waals surface area contributed by atoms with E-state index in [1.54, 1.807) is 13.0 Å². The number of aromatic nitrogens is 1. The lowest BCUT2D eigenvalue weighted by Gasteiger charge is -2.07. The van der Waals surface area contributed by atoms with E-state index in [1.807, 2.05) is 0 Å². The second-order valence-electron chi connectivity index (χ2n) is 3.78. The Labute approximate surface area is 101 Å². The van der Waals surface area contributed by atoms with Crippen LogP contribution in [0.1, 0.15) is 11.3 Å². The Morgan fingerprint density at radius 1 is 1.28 bits per heavy atom. The van der Waals surface area contributed by atoms with Gasteiger partial charge in [-0.3, -0.25) is 4.79 Å². The molecule has 0 fully saturated rings. The van der Waals surface area contributed by atoms with Gasteiger partial charge in [-0.1, -0.05) is 6.07 Å². The summed E-state index contributed by atoms with van der Waals surface area (Å²) in [6.07, 6.45) is 0. The molecule has 3 nitrogen and oxygen atoms in total. The third-order valence-corrected chi connectivity index (χ3v) is 2.51. The first kappa shape index (κ1) is 12.0. The minimum atomic E-state index is -0.809. The molecule has 0 spiro atoms. The lowest BCUT2D eigenvalue weighted by Crippen LogP contribution is -2.13. The maximum Gasteiger partial charge on any atom is 0.266 e. The predicted molar refractivity (Wildman–Crippen MR) is 61.9 cm³/mol. The largest absolute Gasteiger partial charge is 0.325 e. The summed E-state index contributed by atoms with van der Waals surface area (Å²) < 4.78 is 27.3. The van der Waals surface area contributed by atoms with Crippen molar-refractivity contribution in [2.45, 2.75) is 6.92 Å². The molecule has 5 heteroatoms. The molecule has 0 unspecified atom stereocenters. The average Bonchev–Trinajstić information content (AvgIpc) is 2.28. The van der Waals surface area contributed by atoms with E-state index < -0.39 is 17.2 Å². The minimum Gasteiger partial charge on any atom is -0.325 e. The van der Waals surface area contributed by atoms with Crippen LogP contribution in [-0.2, 0) is 0 Å². The van der Waals surface area contributed by atoms with Crippen LogP contribution >= 0.6 is 0 Å². The molecule has 1 N–H and O–H groups in total. The van der Waals surface area contributed by atoms with Gasteiger partial charge in [-0.05, 0) is 25.1 Å². The van der Waals surface area contributed by atoms with Gasteiger partial charge in [-0.15, -0.1) is 0 Å². The van der Waals surface area contributed by atoms with Crippen molar-refractivity contribution in [2.75, 3.05) is 0 Å². The van der Waals surface area contributed by atoms with Crippen molar-refractivity contribution in [1.29, 1.82) is 5.26 Å². The fourth-order valence-electron chi connectivity index (χ4n) is 1.75. The van der Waals surface area contributed by atoms with E-state index in [0.29, 0.717) is 5.69 Å². The van der Waals surface area contributed by atoms with Gasteiger partial charge in [0.1, 0.15) is 23.3 Å². The molecule has 0 atom stereocenters. The Morgan fingerprint density at radius 2 is 1.89 bits per heavy atom. The lowest BCUT2D eigenvalue weighted by atomic mass is 10.00. The summed E-state index contributed by atoms with van der Waals surface area (Å²) in [6.45, 7) is 1.57. The molecule has 18 heavy (non-hydrogen) atoms. The van der Waals surface area contributed by atoms with E-state index in [2.05, 4.69) is 4.98 Å². The second-order valence-corrected chi connectivity index (χ2v) is 3.78. The Bertz CT molecular complexity index is 694. The molecule has 1 heterocycles. The van der Waals surface area contributed by atoms with Gasteiger partial charge < -0.3 is 4.98 Å². The molecular formula is C13H8F2N2O. The van der Waals surface area contributed by atoms with Crippen molar-refractivity contribution in [3.63, 3.8) is 0 Å². The van der Waals surface area contributed by atoms with Gasteiger partial charge in [0.2, 0.25) is 0 Å². The fraction of sp³-hybridized carbons (Fsp3) is 0.0769. The monoisotopic (exact) mass is 246 g/mol. The normalized spacial score (nSPS) is 10.1. The van der Waals surface area contributed by atoms with Gasteiger partial charge in [0.15, 0.2) is 0 Å². The molecule has 0 aliphatic rings. The minimum absolute atomic E-state index is 0.0330. The highest BCUT2D eigenvalue weighted by molar-refractivity contribution is 5.71. The van der Waals surface area contributed by atoms with Crippen LogP contribution in [0.4, 0.5) is 8.78 Å². The third kappa shape index (κ3) is 1.89. The number of hydrogen-bond donors (Lipinski definition) is 1. The first-order chi connectivity index (χ1) is 8.54. The Kier molecular flexibility index (Phi) is 2.94. The lowest BCUT2D eigenvalue weighted by molar-refractivity contribution is 0.589. The number of pyridine rings is 1. The second kappa shape index (κ2) is 4.41. The molecule has 2 aromatic rings. The van der Waals surface area contributed by atoms with Crippen LogP contribution in [0.2, 0.25) is 0 Å². The summed E-state index contributed by atoms with van der Waals surface area (Å²) in [7, 11) is 0. The first-order valence-corrected chi connectivity index (χ1v) is 5.13. The molecule has 0 saturated carbocycles. The Morgan fingerprint density at radius 3 is 2.44 bits per heavy atom.